The number of carbonyl (C=O) groups is 1. The van der Waals surface area contributed by atoms with Crippen LogP contribution in [0.2, 0.25) is 0 Å². The van der Waals surface area contributed by atoms with E-state index < -0.39 is 10.8 Å². The lowest BCUT2D eigenvalue weighted by molar-refractivity contribution is -0.384. The molecule has 5 rings (SSSR count). The molecule has 9 nitrogen and oxygen atoms in total. The van der Waals surface area contributed by atoms with Crippen molar-refractivity contribution in [3.8, 4) is 11.5 Å². The van der Waals surface area contributed by atoms with Crippen molar-refractivity contribution in [3.63, 3.8) is 0 Å². The van der Waals surface area contributed by atoms with Crippen molar-refractivity contribution in [1.29, 1.82) is 0 Å². The van der Waals surface area contributed by atoms with E-state index in [0.29, 0.717) is 54.7 Å². The van der Waals surface area contributed by atoms with Crippen molar-refractivity contribution in [1.82, 2.24) is 4.98 Å². The SMILES string of the molecule is Cc1cccc(-c2nc3cc(NC(=O)c4cc([N+](=O)[O-])ccc4N4CCOCC4)ccc3o2)c1. The second kappa shape index (κ2) is 8.95. The fourth-order valence-corrected chi connectivity index (χ4v) is 4.00. The van der Waals surface area contributed by atoms with Gasteiger partial charge in [0.25, 0.3) is 11.6 Å². The number of nitro benzene ring substituents is 1. The van der Waals surface area contributed by atoms with E-state index >= 15 is 0 Å². The summed E-state index contributed by atoms with van der Waals surface area (Å²) in [5.41, 5.74) is 4.40. The number of rotatable bonds is 5. The smallest absolute Gasteiger partial charge is 0.270 e. The molecule has 34 heavy (non-hydrogen) atoms. The maximum Gasteiger partial charge on any atom is 0.270 e. The van der Waals surface area contributed by atoms with Crippen LogP contribution in [-0.2, 0) is 4.74 Å². The molecule has 1 aliphatic rings. The van der Waals surface area contributed by atoms with E-state index in [1.165, 1.54) is 12.1 Å². The van der Waals surface area contributed by atoms with Gasteiger partial charge in [0.05, 0.1) is 29.4 Å². The predicted molar refractivity (Wildman–Crippen MR) is 128 cm³/mol. The molecule has 4 aromatic rings. The summed E-state index contributed by atoms with van der Waals surface area (Å²) in [6.45, 7) is 4.27. The number of morpholine rings is 1. The second-order valence-electron chi connectivity index (χ2n) is 8.08. The number of non-ortho nitro benzene ring substituents is 1. The highest BCUT2D eigenvalue weighted by atomic mass is 16.6. The Bertz CT molecular complexity index is 1390. The van der Waals surface area contributed by atoms with Gasteiger partial charge >= 0.3 is 0 Å². The van der Waals surface area contributed by atoms with Crippen LogP contribution in [0.3, 0.4) is 0 Å². The van der Waals surface area contributed by atoms with Gasteiger partial charge in [0.2, 0.25) is 5.89 Å². The number of hydrogen-bond donors (Lipinski definition) is 1. The maximum absolute atomic E-state index is 13.2. The Labute approximate surface area is 195 Å². The van der Waals surface area contributed by atoms with E-state index in [4.69, 9.17) is 9.15 Å². The summed E-state index contributed by atoms with van der Waals surface area (Å²) in [5, 5.41) is 14.2. The molecule has 0 saturated carbocycles. The lowest BCUT2D eigenvalue weighted by atomic mass is 10.1. The molecule has 1 aliphatic heterocycles. The molecule has 1 aromatic heterocycles. The van der Waals surface area contributed by atoms with Crippen LogP contribution in [0.15, 0.2) is 65.1 Å². The summed E-state index contributed by atoms with van der Waals surface area (Å²) < 4.78 is 11.3. The number of benzene rings is 3. The number of carbonyl (C=O) groups excluding carboxylic acids is 1. The van der Waals surface area contributed by atoms with Crippen molar-refractivity contribution < 1.29 is 18.9 Å². The average molecular weight is 458 g/mol. The number of aromatic nitrogens is 1. The van der Waals surface area contributed by atoms with Gasteiger partial charge in [-0.15, -0.1) is 0 Å². The molecule has 1 amide bonds. The number of ether oxygens (including phenoxy) is 1. The Morgan fingerprint density at radius 1 is 1.09 bits per heavy atom. The van der Waals surface area contributed by atoms with Gasteiger partial charge in [-0.25, -0.2) is 4.98 Å². The highest BCUT2D eigenvalue weighted by Crippen LogP contribution is 2.29. The van der Waals surface area contributed by atoms with Crippen molar-refractivity contribution in [2.75, 3.05) is 36.5 Å². The Balaban J connectivity index is 1.44. The molecule has 1 fully saturated rings. The molecule has 0 radical (unpaired) electrons. The summed E-state index contributed by atoms with van der Waals surface area (Å²) in [6.07, 6.45) is 0. The molecule has 0 aliphatic carbocycles. The molecule has 9 heteroatoms. The molecular formula is C25H22N4O5. The Morgan fingerprint density at radius 2 is 1.91 bits per heavy atom. The van der Waals surface area contributed by atoms with Gasteiger partial charge in [-0.3, -0.25) is 14.9 Å². The van der Waals surface area contributed by atoms with Crippen LogP contribution >= 0.6 is 0 Å². The minimum Gasteiger partial charge on any atom is -0.436 e. The first-order valence-electron chi connectivity index (χ1n) is 10.9. The molecule has 172 valence electrons. The summed E-state index contributed by atoms with van der Waals surface area (Å²) >= 11 is 0. The first-order valence-corrected chi connectivity index (χ1v) is 10.9. The van der Waals surface area contributed by atoms with Crippen molar-refractivity contribution in [3.05, 3.63) is 81.9 Å². The van der Waals surface area contributed by atoms with E-state index in [9.17, 15) is 14.9 Å². The number of aryl methyl sites for hydroxylation is 1. The van der Waals surface area contributed by atoms with Crippen molar-refractivity contribution in [2.24, 2.45) is 0 Å². The van der Waals surface area contributed by atoms with E-state index in [-0.39, 0.29) is 11.3 Å². The monoisotopic (exact) mass is 458 g/mol. The molecule has 0 bridgehead atoms. The molecule has 0 spiro atoms. The normalized spacial score (nSPS) is 13.7. The number of nitrogens with one attached hydrogen (secondary N) is 1. The van der Waals surface area contributed by atoms with Crippen molar-refractivity contribution >= 4 is 34.1 Å². The van der Waals surface area contributed by atoms with E-state index in [1.807, 2.05) is 36.1 Å². The zero-order valence-electron chi connectivity index (χ0n) is 18.5. The number of amides is 1. The summed E-state index contributed by atoms with van der Waals surface area (Å²) in [6, 6.07) is 17.4. The third kappa shape index (κ3) is 4.33. The van der Waals surface area contributed by atoms with Gasteiger partial charge in [0.1, 0.15) is 5.52 Å². The Morgan fingerprint density at radius 3 is 2.68 bits per heavy atom. The lowest BCUT2D eigenvalue weighted by Crippen LogP contribution is -2.37. The number of anilines is 2. The van der Waals surface area contributed by atoms with Crippen LogP contribution in [-0.4, -0.2) is 42.1 Å². The van der Waals surface area contributed by atoms with Crippen LogP contribution in [0, 0.1) is 17.0 Å². The van der Waals surface area contributed by atoms with Crippen LogP contribution in [0.1, 0.15) is 15.9 Å². The molecular weight excluding hydrogens is 436 g/mol. The fraction of sp³-hybridized carbons (Fsp3) is 0.200. The molecule has 2 heterocycles. The van der Waals surface area contributed by atoms with Gasteiger partial charge in [-0.05, 0) is 43.3 Å². The predicted octanol–water partition coefficient (Wildman–Crippen LogP) is 4.80. The Kier molecular flexibility index (Phi) is 5.69. The van der Waals surface area contributed by atoms with Crippen LogP contribution in [0.4, 0.5) is 17.1 Å². The summed E-state index contributed by atoms with van der Waals surface area (Å²) in [7, 11) is 0. The van der Waals surface area contributed by atoms with E-state index in [1.54, 1.807) is 24.3 Å². The zero-order valence-corrected chi connectivity index (χ0v) is 18.5. The van der Waals surface area contributed by atoms with Gasteiger partial charge in [-0.2, -0.15) is 0 Å². The summed E-state index contributed by atoms with van der Waals surface area (Å²) in [5.74, 6) is 0.0578. The zero-order chi connectivity index (χ0) is 23.7. The highest BCUT2D eigenvalue weighted by Gasteiger charge is 2.22. The first kappa shape index (κ1) is 21.6. The average Bonchev–Trinajstić information content (AvgIpc) is 3.28. The third-order valence-corrected chi connectivity index (χ3v) is 5.70. The van der Waals surface area contributed by atoms with E-state index in [0.717, 1.165) is 11.1 Å². The molecule has 1 N–H and O–H groups in total. The maximum atomic E-state index is 13.2. The highest BCUT2D eigenvalue weighted by molar-refractivity contribution is 6.09. The fourth-order valence-electron chi connectivity index (χ4n) is 4.00. The van der Waals surface area contributed by atoms with Crippen LogP contribution in [0.25, 0.3) is 22.6 Å². The number of nitro groups is 1. The minimum atomic E-state index is -0.506. The number of hydrogen-bond acceptors (Lipinski definition) is 7. The standard InChI is InChI=1S/C25H22N4O5/c1-16-3-2-4-17(13-16)25-27-21-14-18(5-8-23(21)34-25)26-24(30)20-15-19(29(31)32)6-7-22(20)28-9-11-33-12-10-28/h2-8,13-15H,9-12H2,1H3,(H,26,30). The Hall–Kier alpha value is -4.24. The van der Waals surface area contributed by atoms with Gasteiger partial charge in [-0.1, -0.05) is 17.7 Å². The first-order chi connectivity index (χ1) is 16.5. The number of fused-ring (bicyclic) bond motifs is 1. The van der Waals surface area contributed by atoms with Gasteiger partial charge in [0, 0.05) is 36.5 Å². The molecule has 3 aromatic carbocycles. The molecule has 0 unspecified atom stereocenters. The molecule has 1 saturated heterocycles. The third-order valence-electron chi connectivity index (χ3n) is 5.70. The van der Waals surface area contributed by atoms with E-state index in [2.05, 4.69) is 10.3 Å². The van der Waals surface area contributed by atoms with Crippen molar-refractivity contribution in [2.45, 2.75) is 6.92 Å². The van der Waals surface area contributed by atoms with Crippen LogP contribution in [0.5, 0.6) is 0 Å². The van der Waals surface area contributed by atoms with Gasteiger partial charge < -0.3 is 19.4 Å². The summed E-state index contributed by atoms with van der Waals surface area (Å²) in [4.78, 5) is 30.6. The van der Waals surface area contributed by atoms with Gasteiger partial charge in [0.15, 0.2) is 5.58 Å². The van der Waals surface area contributed by atoms with Crippen LogP contribution < -0.4 is 10.2 Å². The number of oxazole rings is 1. The number of nitrogens with zero attached hydrogens (tertiary/aromatic N) is 3. The quantitative estimate of drug-likeness (QED) is 0.338. The minimum absolute atomic E-state index is 0.142. The second-order valence-corrected chi connectivity index (χ2v) is 8.08. The topological polar surface area (TPSA) is 111 Å². The lowest BCUT2D eigenvalue weighted by Gasteiger charge is -2.30. The largest absolute Gasteiger partial charge is 0.436 e. The molecule has 0 atom stereocenters.